The molecule has 0 radical (unpaired) electrons. The quantitative estimate of drug-likeness (QED) is 0.461. The molecule has 0 bridgehead atoms. The van der Waals surface area contributed by atoms with Crippen molar-refractivity contribution in [1.82, 2.24) is 39.3 Å². The van der Waals surface area contributed by atoms with Crippen LogP contribution in [0.1, 0.15) is 12.2 Å². The van der Waals surface area contributed by atoms with E-state index in [-0.39, 0.29) is 11.5 Å². The van der Waals surface area contributed by atoms with Gasteiger partial charge in [-0.25, -0.2) is 9.55 Å². The van der Waals surface area contributed by atoms with Crippen LogP contribution in [0.25, 0.3) is 34.0 Å². The lowest BCUT2D eigenvalue weighted by molar-refractivity contribution is 0.297. The number of benzene rings is 1. The zero-order valence-electron chi connectivity index (χ0n) is 16.4. The Morgan fingerprint density at radius 1 is 1.10 bits per heavy atom. The highest BCUT2D eigenvalue weighted by atomic mass is 16.5. The molecule has 1 aliphatic heterocycles. The summed E-state index contributed by atoms with van der Waals surface area (Å²) in [5.41, 5.74) is 1.07. The zero-order chi connectivity index (χ0) is 20.9. The van der Waals surface area contributed by atoms with E-state index in [0.717, 1.165) is 12.0 Å². The molecular formula is C20H16N8O3. The molecule has 154 valence electrons. The van der Waals surface area contributed by atoms with Gasteiger partial charge in [0.2, 0.25) is 0 Å². The van der Waals surface area contributed by atoms with E-state index in [1.54, 1.807) is 23.7 Å². The van der Waals surface area contributed by atoms with Gasteiger partial charge in [-0.3, -0.25) is 9.89 Å². The van der Waals surface area contributed by atoms with Crippen molar-refractivity contribution in [3.05, 3.63) is 52.8 Å². The van der Waals surface area contributed by atoms with Crippen LogP contribution in [0.5, 0.6) is 11.5 Å². The molecule has 0 saturated carbocycles. The van der Waals surface area contributed by atoms with Gasteiger partial charge in [-0.05, 0) is 31.2 Å². The monoisotopic (exact) mass is 416 g/mol. The number of aromatic nitrogens is 8. The molecule has 0 amide bonds. The molecule has 4 aromatic heterocycles. The van der Waals surface area contributed by atoms with E-state index < -0.39 is 0 Å². The molecule has 0 atom stereocenters. The van der Waals surface area contributed by atoms with Crippen LogP contribution in [0, 0.1) is 6.92 Å². The van der Waals surface area contributed by atoms with Crippen LogP contribution < -0.4 is 15.0 Å². The maximum absolute atomic E-state index is 13.0. The van der Waals surface area contributed by atoms with E-state index in [9.17, 15) is 4.79 Å². The number of ether oxygens (including phenoxy) is 2. The van der Waals surface area contributed by atoms with Crippen LogP contribution in [0.4, 0.5) is 0 Å². The standard InChI is InChI=1S/C20H16N8O3/c1-11-22-20(25-24-11)27-6-5-14-13(18(27)29)10-21-19-23-17(26-28(14)19)12-3-4-15-16(9-12)31-8-2-7-30-15/h3-6,9-10H,2,7-8H2,1H3,(H,22,24,25). The molecule has 5 heterocycles. The number of H-pyrrole nitrogens is 1. The van der Waals surface area contributed by atoms with Gasteiger partial charge in [0.25, 0.3) is 17.3 Å². The van der Waals surface area contributed by atoms with Crippen molar-refractivity contribution in [2.24, 2.45) is 0 Å². The van der Waals surface area contributed by atoms with Crippen molar-refractivity contribution in [2.75, 3.05) is 13.2 Å². The van der Waals surface area contributed by atoms with Crippen molar-refractivity contribution >= 4 is 16.7 Å². The smallest absolute Gasteiger partial charge is 0.268 e. The number of hydrogen-bond acceptors (Lipinski definition) is 8. The molecule has 11 nitrogen and oxygen atoms in total. The Balaban J connectivity index is 1.48. The minimum absolute atomic E-state index is 0.274. The largest absolute Gasteiger partial charge is 0.490 e. The zero-order valence-corrected chi connectivity index (χ0v) is 16.4. The van der Waals surface area contributed by atoms with Crippen LogP contribution in [0.3, 0.4) is 0 Å². The van der Waals surface area contributed by atoms with Crippen LogP contribution in [0.2, 0.25) is 0 Å². The summed E-state index contributed by atoms with van der Waals surface area (Å²) in [6, 6.07) is 7.35. The Morgan fingerprint density at radius 3 is 2.81 bits per heavy atom. The molecule has 1 aromatic carbocycles. The number of nitrogens with zero attached hydrogens (tertiary/aromatic N) is 7. The lowest BCUT2D eigenvalue weighted by Crippen LogP contribution is -2.20. The summed E-state index contributed by atoms with van der Waals surface area (Å²) in [5, 5.41) is 11.8. The second-order valence-corrected chi connectivity index (χ2v) is 7.13. The van der Waals surface area contributed by atoms with Crippen LogP contribution in [-0.4, -0.2) is 52.5 Å². The van der Waals surface area contributed by atoms with Crippen LogP contribution in [0.15, 0.2) is 41.5 Å². The van der Waals surface area contributed by atoms with Gasteiger partial charge < -0.3 is 9.47 Å². The number of aryl methyl sites for hydroxylation is 1. The van der Waals surface area contributed by atoms with E-state index in [1.807, 2.05) is 18.2 Å². The maximum atomic E-state index is 13.0. The third-order valence-electron chi connectivity index (χ3n) is 5.04. The van der Waals surface area contributed by atoms with E-state index >= 15 is 0 Å². The van der Waals surface area contributed by atoms with Crippen LogP contribution >= 0.6 is 0 Å². The maximum Gasteiger partial charge on any atom is 0.268 e. The number of nitrogens with one attached hydrogen (secondary N) is 1. The predicted molar refractivity (Wildman–Crippen MR) is 110 cm³/mol. The van der Waals surface area contributed by atoms with E-state index in [1.165, 1.54) is 10.8 Å². The second kappa shape index (κ2) is 6.62. The topological polar surface area (TPSA) is 125 Å². The first-order valence-corrected chi connectivity index (χ1v) is 9.74. The summed E-state index contributed by atoms with van der Waals surface area (Å²) >= 11 is 0. The van der Waals surface area contributed by atoms with Gasteiger partial charge in [0.1, 0.15) is 5.82 Å². The minimum atomic E-state index is -0.293. The van der Waals surface area contributed by atoms with Crippen molar-refractivity contribution in [3.63, 3.8) is 0 Å². The fourth-order valence-electron chi connectivity index (χ4n) is 3.54. The normalized spacial score (nSPS) is 13.6. The van der Waals surface area contributed by atoms with Crippen molar-refractivity contribution < 1.29 is 9.47 Å². The van der Waals surface area contributed by atoms with Gasteiger partial charge in [0.05, 0.1) is 24.1 Å². The van der Waals surface area contributed by atoms with Gasteiger partial charge in [-0.2, -0.15) is 14.5 Å². The first-order chi connectivity index (χ1) is 15.2. The van der Waals surface area contributed by atoms with Crippen molar-refractivity contribution in [3.8, 4) is 28.8 Å². The number of rotatable bonds is 2. The first-order valence-electron chi connectivity index (χ1n) is 9.74. The summed E-state index contributed by atoms with van der Waals surface area (Å²) in [4.78, 5) is 26.1. The fourth-order valence-corrected chi connectivity index (χ4v) is 3.54. The Morgan fingerprint density at radius 2 is 1.97 bits per heavy atom. The first kappa shape index (κ1) is 17.6. The molecule has 6 rings (SSSR count). The molecule has 31 heavy (non-hydrogen) atoms. The third-order valence-corrected chi connectivity index (χ3v) is 5.04. The molecule has 5 aromatic rings. The molecule has 0 saturated heterocycles. The summed E-state index contributed by atoms with van der Waals surface area (Å²) in [5.74, 6) is 3.13. The van der Waals surface area contributed by atoms with E-state index in [0.29, 0.717) is 53.0 Å². The average Bonchev–Trinajstić information content (AvgIpc) is 3.33. The second-order valence-electron chi connectivity index (χ2n) is 7.13. The van der Waals surface area contributed by atoms with Gasteiger partial charge >= 0.3 is 0 Å². The molecular weight excluding hydrogens is 400 g/mol. The number of aromatic amines is 1. The summed E-state index contributed by atoms with van der Waals surface area (Å²) < 4.78 is 14.4. The van der Waals surface area contributed by atoms with Crippen molar-refractivity contribution in [1.29, 1.82) is 0 Å². The lowest BCUT2D eigenvalue weighted by atomic mass is 10.2. The van der Waals surface area contributed by atoms with Gasteiger partial charge in [0, 0.05) is 24.4 Å². The SMILES string of the molecule is Cc1nc(-n2ccc3c(cnc4nc(-c5ccc6c(c5)OCCCO6)nn43)c2=O)n[nH]1. The molecule has 0 aliphatic carbocycles. The molecule has 1 N–H and O–H groups in total. The number of hydrogen-bond donors (Lipinski definition) is 1. The predicted octanol–water partition coefficient (Wildman–Crippen LogP) is 1.68. The average molecular weight is 416 g/mol. The fraction of sp³-hybridized carbons (Fsp3) is 0.200. The number of fused-ring (bicyclic) bond motifs is 4. The minimum Gasteiger partial charge on any atom is -0.490 e. The third kappa shape index (κ3) is 2.81. The summed E-state index contributed by atoms with van der Waals surface area (Å²) in [6.45, 7) is 2.99. The Labute approximate surface area is 174 Å². The Hall–Kier alpha value is -4.28. The van der Waals surface area contributed by atoms with Gasteiger partial charge in [-0.1, -0.05) is 0 Å². The van der Waals surface area contributed by atoms with E-state index in [2.05, 4.69) is 30.2 Å². The Kier molecular flexibility index (Phi) is 3.75. The van der Waals surface area contributed by atoms with Crippen molar-refractivity contribution in [2.45, 2.75) is 13.3 Å². The summed E-state index contributed by atoms with van der Waals surface area (Å²) in [6.07, 6.45) is 3.94. The highest BCUT2D eigenvalue weighted by Gasteiger charge is 2.17. The van der Waals surface area contributed by atoms with Crippen LogP contribution in [-0.2, 0) is 0 Å². The van der Waals surface area contributed by atoms with Gasteiger partial charge in [0.15, 0.2) is 17.3 Å². The molecule has 0 fully saturated rings. The highest BCUT2D eigenvalue weighted by Crippen LogP contribution is 2.33. The molecule has 0 unspecified atom stereocenters. The molecule has 1 aliphatic rings. The molecule has 0 spiro atoms. The van der Waals surface area contributed by atoms with E-state index in [4.69, 9.17) is 9.47 Å². The number of pyridine rings is 1. The summed E-state index contributed by atoms with van der Waals surface area (Å²) in [7, 11) is 0. The highest BCUT2D eigenvalue weighted by molar-refractivity contribution is 5.79. The Bertz CT molecular complexity index is 1520. The molecule has 11 heteroatoms. The van der Waals surface area contributed by atoms with Gasteiger partial charge in [-0.15, -0.1) is 10.2 Å². The lowest BCUT2D eigenvalue weighted by Gasteiger charge is -2.07.